The number of fused-ring (bicyclic) bond motifs is 3. The molecule has 0 N–H and O–H groups in total. The van der Waals surface area contributed by atoms with Gasteiger partial charge in [0.15, 0.2) is 0 Å². The molecule has 0 aromatic heterocycles. The molecule has 0 unspecified atom stereocenters. The lowest BCUT2D eigenvalue weighted by Crippen LogP contribution is -1.77. The van der Waals surface area contributed by atoms with Crippen molar-refractivity contribution < 1.29 is 0 Å². The van der Waals surface area contributed by atoms with Crippen molar-refractivity contribution in [2.45, 2.75) is 89.5 Å². The molecule has 0 heteroatoms. The molecular weight excluding hydrogens is 372 g/mol. The van der Waals surface area contributed by atoms with Crippen molar-refractivity contribution >= 4 is 0 Å². The number of hydrogen-bond donors (Lipinski definition) is 0. The fourth-order valence-electron chi connectivity index (χ4n) is 2.46. The smallest absolute Gasteiger partial charge is 0.00135 e. The highest BCUT2D eigenvalue weighted by Crippen LogP contribution is 2.35. The van der Waals surface area contributed by atoms with Crippen LogP contribution in [0.25, 0.3) is 11.1 Å². The number of rotatable bonds is 0. The zero-order valence-electron chi connectivity index (χ0n) is 22.8. The van der Waals surface area contributed by atoms with Crippen LogP contribution in [0, 0.1) is 0 Å². The molecule has 0 saturated carbocycles. The van der Waals surface area contributed by atoms with Crippen LogP contribution in [-0.4, -0.2) is 0 Å². The van der Waals surface area contributed by atoms with Gasteiger partial charge in [0.05, 0.1) is 0 Å². The van der Waals surface area contributed by atoms with Crippen LogP contribution in [0.15, 0.2) is 84.9 Å². The minimum absolute atomic E-state index is 1.10. The van der Waals surface area contributed by atoms with Crippen LogP contribution in [0.5, 0.6) is 0 Å². The lowest BCUT2D eigenvalue weighted by molar-refractivity contribution is 1.26. The third-order valence-electron chi connectivity index (χ3n) is 3.37. The average molecular weight is 425 g/mol. The molecule has 1 aliphatic rings. The molecule has 1 aliphatic carbocycles. The van der Waals surface area contributed by atoms with Gasteiger partial charge in [0.1, 0.15) is 0 Å². The summed E-state index contributed by atoms with van der Waals surface area (Å²) in [5.41, 5.74) is 5.75. The summed E-state index contributed by atoms with van der Waals surface area (Å²) >= 11 is 0. The van der Waals surface area contributed by atoms with Crippen LogP contribution < -0.4 is 0 Å². The van der Waals surface area contributed by atoms with Gasteiger partial charge in [-0.3, -0.25) is 0 Å². The standard InChI is InChI=1S/C13H10.C6H6.6C2H6/c1-3-7-12-10(5-1)9-11-6-2-4-8-13(11)12;1-2-4-6-5-3-1;6*1-2/h1-8H,9H2;1-6H;6*1-2H3. The van der Waals surface area contributed by atoms with Crippen LogP contribution in [0.4, 0.5) is 0 Å². The van der Waals surface area contributed by atoms with Gasteiger partial charge in [0, 0.05) is 0 Å². The Balaban J connectivity index is -0.000000173. The summed E-state index contributed by atoms with van der Waals surface area (Å²) in [7, 11) is 0. The summed E-state index contributed by atoms with van der Waals surface area (Å²) in [5.74, 6) is 0. The summed E-state index contributed by atoms with van der Waals surface area (Å²) in [6.07, 6.45) is 1.10. The molecule has 0 atom stereocenters. The average Bonchev–Trinajstić information content (AvgIpc) is 3.31. The zero-order chi connectivity index (χ0) is 24.9. The van der Waals surface area contributed by atoms with E-state index in [0.717, 1.165) is 6.42 Å². The highest BCUT2D eigenvalue weighted by Gasteiger charge is 2.15. The molecule has 0 heterocycles. The highest BCUT2D eigenvalue weighted by molar-refractivity contribution is 5.76. The van der Waals surface area contributed by atoms with Gasteiger partial charge in [-0.2, -0.15) is 0 Å². The maximum absolute atomic E-state index is 2.22. The van der Waals surface area contributed by atoms with Gasteiger partial charge in [0.25, 0.3) is 0 Å². The van der Waals surface area contributed by atoms with E-state index in [1.165, 1.54) is 22.3 Å². The first-order valence-corrected chi connectivity index (χ1v) is 12.6. The largest absolute Gasteiger partial charge is 0.0683 e. The van der Waals surface area contributed by atoms with Crippen LogP contribution >= 0.6 is 0 Å². The maximum Gasteiger partial charge on any atom is -0.00135 e. The van der Waals surface area contributed by atoms with Crippen LogP contribution in [0.1, 0.15) is 94.2 Å². The lowest BCUT2D eigenvalue weighted by Gasteiger charge is -1.98. The molecule has 3 aromatic rings. The fraction of sp³-hybridized carbons (Fsp3) is 0.419. The monoisotopic (exact) mass is 424 g/mol. The van der Waals surface area contributed by atoms with E-state index in [-0.39, 0.29) is 0 Å². The van der Waals surface area contributed by atoms with Gasteiger partial charge in [-0.25, -0.2) is 0 Å². The van der Waals surface area contributed by atoms with E-state index in [9.17, 15) is 0 Å². The number of benzene rings is 3. The van der Waals surface area contributed by atoms with Crippen molar-refractivity contribution in [1.82, 2.24) is 0 Å². The van der Waals surface area contributed by atoms with Crippen molar-refractivity contribution in [3.8, 4) is 11.1 Å². The zero-order valence-corrected chi connectivity index (χ0v) is 22.8. The van der Waals surface area contributed by atoms with Crippen LogP contribution in [0.3, 0.4) is 0 Å². The second-order valence-corrected chi connectivity index (χ2v) is 4.65. The first-order chi connectivity index (χ1) is 15.4. The van der Waals surface area contributed by atoms with E-state index in [1.54, 1.807) is 0 Å². The second kappa shape index (κ2) is 32.3. The van der Waals surface area contributed by atoms with Gasteiger partial charge in [-0.1, -0.05) is 168 Å². The Kier molecular flexibility index (Phi) is 37.6. The minimum atomic E-state index is 1.10. The molecular formula is C31H52. The van der Waals surface area contributed by atoms with E-state index in [0.29, 0.717) is 0 Å². The highest BCUT2D eigenvalue weighted by atomic mass is 14.2. The summed E-state index contributed by atoms with van der Waals surface area (Å²) in [6, 6.07) is 29.3. The predicted octanol–water partition coefficient (Wildman–Crippen LogP) is 11.1. The van der Waals surface area contributed by atoms with Crippen molar-refractivity contribution in [3.05, 3.63) is 96.1 Å². The Bertz CT molecular complexity index is 583. The Hall–Kier alpha value is -2.34. The van der Waals surface area contributed by atoms with Crippen molar-refractivity contribution in [2.75, 3.05) is 0 Å². The second-order valence-electron chi connectivity index (χ2n) is 4.65. The molecule has 176 valence electrons. The molecule has 31 heavy (non-hydrogen) atoms. The van der Waals surface area contributed by atoms with Crippen molar-refractivity contribution in [2.24, 2.45) is 0 Å². The van der Waals surface area contributed by atoms with E-state index >= 15 is 0 Å². The van der Waals surface area contributed by atoms with Crippen LogP contribution in [-0.2, 0) is 6.42 Å². The van der Waals surface area contributed by atoms with Gasteiger partial charge in [0.2, 0.25) is 0 Å². The minimum Gasteiger partial charge on any atom is -0.0683 e. The number of hydrogen-bond acceptors (Lipinski definition) is 0. The van der Waals surface area contributed by atoms with Crippen molar-refractivity contribution in [1.29, 1.82) is 0 Å². The molecule has 0 amide bonds. The normalized spacial score (nSPS) is 7.87. The van der Waals surface area contributed by atoms with E-state index in [1.807, 2.05) is 119 Å². The third kappa shape index (κ3) is 16.1. The Morgan fingerprint density at radius 3 is 0.806 bits per heavy atom. The summed E-state index contributed by atoms with van der Waals surface area (Å²) in [4.78, 5) is 0. The summed E-state index contributed by atoms with van der Waals surface area (Å²) < 4.78 is 0. The molecule has 0 radical (unpaired) electrons. The first kappa shape index (κ1) is 36.1. The molecule has 3 aromatic carbocycles. The topological polar surface area (TPSA) is 0 Å². The fourth-order valence-corrected chi connectivity index (χ4v) is 2.46. The van der Waals surface area contributed by atoms with Crippen molar-refractivity contribution in [3.63, 3.8) is 0 Å². The van der Waals surface area contributed by atoms with Gasteiger partial charge in [-0.15, -0.1) is 0 Å². The maximum atomic E-state index is 2.22. The van der Waals surface area contributed by atoms with Gasteiger partial charge >= 0.3 is 0 Å². The molecule has 0 spiro atoms. The summed E-state index contributed by atoms with van der Waals surface area (Å²) in [5, 5.41) is 0. The molecule has 0 saturated heterocycles. The molecule has 0 bridgehead atoms. The molecule has 0 aliphatic heterocycles. The molecule has 0 fully saturated rings. The third-order valence-corrected chi connectivity index (χ3v) is 3.37. The molecule has 0 nitrogen and oxygen atoms in total. The Morgan fingerprint density at radius 2 is 0.548 bits per heavy atom. The quantitative estimate of drug-likeness (QED) is 0.263. The predicted molar refractivity (Wildman–Crippen MR) is 149 cm³/mol. The Morgan fingerprint density at radius 1 is 0.323 bits per heavy atom. The van der Waals surface area contributed by atoms with Gasteiger partial charge < -0.3 is 0 Å². The van der Waals surface area contributed by atoms with Crippen LogP contribution in [0.2, 0.25) is 0 Å². The van der Waals surface area contributed by atoms with E-state index < -0.39 is 0 Å². The Labute approximate surface area is 196 Å². The van der Waals surface area contributed by atoms with E-state index in [4.69, 9.17) is 0 Å². The first-order valence-electron chi connectivity index (χ1n) is 12.6. The lowest BCUT2D eigenvalue weighted by atomic mass is 10.1. The SMILES string of the molecule is CC.CC.CC.CC.CC.CC.c1ccc2c(c1)Cc1ccccc1-2.c1ccccc1. The van der Waals surface area contributed by atoms with Gasteiger partial charge in [-0.05, 0) is 28.7 Å². The summed E-state index contributed by atoms with van der Waals surface area (Å²) in [6.45, 7) is 24.0. The molecule has 4 rings (SSSR count). The van der Waals surface area contributed by atoms with E-state index in [2.05, 4.69) is 48.5 Å².